The fraction of sp³-hybridized carbons (Fsp3) is 0.434. The van der Waals surface area contributed by atoms with E-state index in [0.29, 0.717) is 55.9 Å². The van der Waals surface area contributed by atoms with Crippen LogP contribution in [0, 0.1) is 5.92 Å². The van der Waals surface area contributed by atoms with Crippen molar-refractivity contribution in [3.8, 4) is 28.1 Å². The highest BCUT2D eigenvalue weighted by molar-refractivity contribution is 6.07. The molecule has 4 aromatic carbocycles. The van der Waals surface area contributed by atoms with Crippen LogP contribution in [0.15, 0.2) is 72.9 Å². The Morgan fingerprint density at radius 2 is 1.60 bits per heavy atom. The van der Waals surface area contributed by atoms with Crippen LogP contribution in [0.1, 0.15) is 104 Å². The molecule has 3 aliphatic heterocycles. The Morgan fingerprint density at radius 3 is 2.36 bits per heavy atom. The summed E-state index contributed by atoms with van der Waals surface area (Å²) in [4.78, 5) is 74.0. The normalized spacial score (nSPS) is 20.2. The summed E-state index contributed by atoms with van der Waals surface area (Å²) >= 11 is 0. The molecule has 10 rings (SSSR count). The predicted octanol–water partition coefficient (Wildman–Crippen LogP) is 8.38. The number of H-pyrrole nitrogens is 2. The number of imidazole rings is 2. The van der Waals surface area contributed by atoms with Crippen molar-refractivity contribution in [1.82, 2.24) is 40.4 Å². The Labute approximate surface area is 405 Å². The van der Waals surface area contributed by atoms with Crippen LogP contribution in [0.5, 0.6) is 5.75 Å². The molecular weight excluding hydrogens is 893 g/mol. The second-order valence-electron chi connectivity index (χ2n) is 19.0. The van der Waals surface area contributed by atoms with Crippen LogP contribution in [-0.2, 0) is 35.1 Å². The zero-order valence-corrected chi connectivity index (χ0v) is 40.2. The van der Waals surface area contributed by atoms with Crippen LogP contribution in [-0.4, -0.2) is 114 Å². The standard InChI is InChI=1S/C53H60N8O9/c1-29(67-3)45(58-52(64)68-4)50(62)61-26-30(27-66-2)21-43(61)48-54-25-41(56-48)35-16-18-37-36(22-35)28-70-44-24-38-34(23-39(37)44)17-19-40-47(38)57-49(55-40)42-11-8-20-60(42)51(63)46(59-53(65)69-5)33-14-12-32(13-15-33)31-9-6-7-10-31/h12-19,22-25,29-31,42-43,45-46H,6-11,20-21,26-28H2,1-5H3,(H,54,56)(H,55,57)(H,58,64)(H,59,65)/t29-,30+,42+,43+,45+,46-/m1/s1. The van der Waals surface area contributed by atoms with Crippen molar-refractivity contribution in [2.45, 2.75) is 94.7 Å². The summed E-state index contributed by atoms with van der Waals surface area (Å²) in [7, 11) is 5.70. The molecule has 17 nitrogen and oxygen atoms in total. The minimum absolute atomic E-state index is 0.0618. The third-order valence-electron chi connectivity index (χ3n) is 14.9. The van der Waals surface area contributed by atoms with Gasteiger partial charge in [-0.05, 0) is 102 Å². The highest BCUT2D eigenvalue weighted by Crippen LogP contribution is 2.44. The lowest BCUT2D eigenvalue weighted by molar-refractivity contribution is -0.138. The first-order valence-corrected chi connectivity index (χ1v) is 24.2. The van der Waals surface area contributed by atoms with Gasteiger partial charge in [-0.15, -0.1) is 0 Å². The first kappa shape index (κ1) is 46.7. The Balaban J connectivity index is 0.889. The molecule has 3 fully saturated rings. The highest BCUT2D eigenvalue weighted by Gasteiger charge is 2.43. The molecule has 0 unspecified atom stereocenters. The van der Waals surface area contributed by atoms with Crippen LogP contribution < -0.4 is 15.4 Å². The summed E-state index contributed by atoms with van der Waals surface area (Å²) in [5.41, 5.74) is 8.39. The molecule has 2 saturated heterocycles. The molecule has 366 valence electrons. The van der Waals surface area contributed by atoms with Gasteiger partial charge in [-0.25, -0.2) is 19.6 Å². The van der Waals surface area contributed by atoms with Gasteiger partial charge in [-0.1, -0.05) is 55.3 Å². The number of likely N-dealkylation sites (tertiary alicyclic amines) is 2. The molecule has 1 saturated carbocycles. The molecule has 4 N–H and O–H groups in total. The fourth-order valence-corrected chi connectivity index (χ4v) is 11.1. The van der Waals surface area contributed by atoms with E-state index in [1.165, 1.54) is 52.6 Å². The number of hydrogen-bond donors (Lipinski definition) is 4. The lowest BCUT2D eigenvalue weighted by Gasteiger charge is -2.30. The molecule has 17 heteroatoms. The summed E-state index contributed by atoms with van der Waals surface area (Å²) in [6.45, 7) is 3.51. The molecule has 2 aromatic heterocycles. The molecule has 5 heterocycles. The minimum Gasteiger partial charge on any atom is -0.488 e. The van der Waals surface area contributed by atoms with E-state index in [1.807, 2.05) is 23.1 Å². The number of hydrogen-bond acceptors (Lipinski definition) is 11. The van der Waals surface area contributed by atoms with E-state index in [-0.39, 0.29) is 29.8 Å². The number of carbonyl (C=O) groups is 4. The molecule has 4 amide bonds. The number of ether oxygens (including phenoxy) is 5. The maximum atomic E-state index is 14.5. The third-order valence-corrected chi connectivity index (χ3v) is 14.9. The van der Waals surface area contributed by atoms with Crippen LogP contribution in [0.3, 0.4) is 0 Å². The van der Waals surface area contributed by atoms with Gasteiger partial charge in [-0.3, -0.25) is 9.59 Å². The van der Waals surface area contributed by atoms with Gasteiger partial charge in [0.2, 0.25) is 5.91 Å². The summed E-state index contributed by atoms with van der Waals surface area (Å²) < 4.78 is 27.3. The lowest BCUT2D eigenvalue weighted by Crippen LogP contribution is -2.54. The summed E-state index contributed by atoms with van der Waals surface area (Å²) in [5, 5.41) is 7.40. The van der Waals surface area contributed by atoms with Crippen molar-refractivity contribution in [2.75, 3.05) is 48.1 Å². The molecule has 4 aliphatic rings. The van der Waals surface area contributed by atoms with E-state index < -0.39 is 30.4 Å². The van der Waals surface area contributed by atoms with Crippen molar-refractivity contribution in [3.05, 3.63) is 101 Å². The summed E-state index contributed by atoms with van der Waals surface area (Å²) in [6, 6.07) is 20.1. The van der Waals surface area contributed by atoms with E-state index in [1.54, 1.807) is 25.1 Å². The smallest absolute Gasteiger partial charge is 0.407 e. The average Bonchev–Trinajstić information content (AvgIpc) is 4.26. The van der Waals surface area contributed by atoms with Crippen molar-refractivity contribution in [3.63, 3.8) is 0 Å². The van der Waals surface area contributed by atoms with Crippen LogP contribution in [0.2, 0.25) is 0 Å². The topological polar surface area (TPSA) is 202 Å². The first-order chi connectivity index (χ1) is 34.0. The number of methoxy groups -OCH3 is 4. The van der Waals surface area contributed by atoms with Gasteiger partial charge in [-0.2, -0.15) is 0 Å². The summed E-state index contributed by atoms with van der Waals surface area (Å²) in [6.07, 6.45) is 6.76. The van der Waals surface area contributed by atoms with Gasteiger partial charge in [0.1, 0.15) is 36.1 Å². The first-order valence-electron chi connectivity index (χ1n) is 24.2. The van der Waals surface area contributed by atoms with Gasteiger partial charge < -0.3 is 54.1 Å². The van der Waals surface area contributed by atoms with Gasteiger partial charge in [0.15, 0.2) is 0 Å². The minimum atomic E-state index is -0.966. The van der Waals surface area contributed by atoms with Gasteiger partial charge in [0.05, 0.1) is 61.9 Å². The average molecular weight is 953 g/mol. The predicted molar refractivity (Wildman–Crippen MR) is 261 cm³/mol. The van der Waals surface area contributed by atoms with Gasteiger partial charge >= 0.3 is 12.2 Å². The number of alkyl carbamates (subject to hydrolysis) is 2. The number of aromatic nitrogens is 4. The Morgan fingerprint density at radius 1 is 0.814 bits per heavy atom. The van der Waals surface area contributed by atoms with Crippen molar-refractivity contribution in [1.29, 1.82) is 0 Å². The van der Waals surface area contributed by atoms with E-state index in [4.69, 9.17) is 33.7 Å². The van der Waals surface area contributed by atoms with Gasteiger partial charge in [0, 0.05) is 44.2 Å². The second-order valence-corrected chi connectivity index (χ2v) is 19.0. The lowest BCUT2D eigenvalue weighted by atomic mass is 9.92. The Hall–Kier alpha value is -6.98. The highest BCUT2D eigenvalue weighted by atomic mass is 16.5. The van der Waals surface area contributed by atoms with E-state index in [2.05, 4.69) is 69.1 Å². The number of nitrogens with zero attached hydrogens (tertiary/aromatic N) is 4. The molecular formula is C53H60N8O9. The third kappa shape index (κ3) is 8.92. The SMILES string of the molecule is COC[C@H]1C[C@@H](c2ncc(-c3ccc4c(c3)COc3cc5c(ccc6[nH]c([C@@H]7CCCN7C(=O)[C@H](NC(=O)OC)c7ccc(C8CCCC8)cc7)nc65)cc3-4)[nH]2)N(C(=O)[C@@H](NC(=O)OC)[C@@H](C)OC)C1. The molecule has 0 bridgehead atoms. The molecule has 6 atom stereocenters. The maximum absolute atomic E-state index is 14.5. The Bertz CT molecular complexity index is 2930. The fourth-order valence-electron chi connectivity index (χ4n) is 11.1. The molecule has 1 aliphatic carbocycles. The molecule has 70 heavy (non-hydrogen) atoms. The quantitative estimate of drug-likeness (QED) is 0.0866. The van der Waals surface area contributed by atoms with Crippen molar-refractivity contribution < 1.29 is 42.9 Å². The molecule has 0 radical (unpaired) electrons. The van der Waals surface area contributed by atoms with Crippen molar-refractivity contribution in [2.24, 2.45) is 5.92 Å². The maximum Gasteiger partial charge on any atom is 0.407 e. The number of amides is 4. The molecule has 6 aromatic rings. The number of benzene rings is 4. The van der Waals surface area contributed by atoms with E-state index >= 15 is 0 Å². The number of carbonyl (C=O) groups excluding carboxylic acids is 4. The van der Waals surface area contributed by atoms with Crippen LogP contribution >= 0.6 is 0 Å². The monoisotopic (exact) mass is 952 g/mol. The summed E-state index contributed by atoms with van der Waals surface area (Å²) in [5.74, 6) is 2.18. The Kier molecular flexibility index (Phi) is 13.2. The number of rotatable bonds is 13. The van der Waals surface area contributed by atoms with Crippen LogP contribution in [0.4, 0.5) is 9.59 Å². The van der Waals surface area contributed by atoms with E-state index in [9.17, 15) is 19.2 Å². The van der Waals surface area contributed by atoms with Gasteiger partial charge in [0.25, 0.3) is 5.91 Å². The van der Waals surface area contributed by atoms with Crippen LogP contribution in [0.25, 0.3) is 44.2 Å². The van der Waals surface area contributed by atoms with Crippen molar-refractivity contribution >= 4 is 45.8 Å². The number of aromatic amines is 2. The zero-order valence-electron chi connectivity index (χ0n) is 40.2. The number of fused-ring (bicyclic) bond motifs is 6. The zero-order chi connectivity index (χ0) is 48.6. The molecule has 0 spiro atoms. The largest absolute Gasteiger partial charge is 0.488 e. The second kappa shape index (κ2) is 19.8. The van der Waals surface area contributed by atoms with E-state index in [0.717, 1.165) is 68.3 Å². The number of nitrogens with one attached hydrogen (secondary N) is 4.